The number of carbonyl (C=O) groups excluding carboxylic acids is 1. The molecule has 0 spiro atoms. The van der Waals surface area contributed by atoms with E-state index in [1.165, 1.54) is 25.7 Å². The van der Waals surface area contributed by atoms with Crippen molar-refractivity contribution in [1.82, 2.24) is 10.2 Å². The molecule has 0 aliphatic carbocycles. The minimum Gasteiger partial charge on any atom is -0.466 e. The summed E-state index contributed by atoms with van der Waals surface area (Å²) < 4.78 is 4.89. The molecule has 0 aromatic heterocycles. The van der Waals surface area contributed by atoms with Crippen LogP contribution in [-0.2, 0) is 9.53 Å². The first kappa shape index (κ1) is 18.4. The van der Waals surface area contributed by atoms with E-state index in [-0.39, 0.29) is 5.97 Å². The third-order valence-corrected chi connectivity index (χ3v) is 3.03. The molecule has 0 aliphatic heterocycles. The Hall–Kier alpha value is -0.610. The molecule has 0 heterocycles. The summed E-state index contributed by atoms with van der Waals surface area (Å²) in [6.45, 7) is 5.65. The molecule has 114 valence electrons. The van der Waals surface area contributed by atoms with E-state index in [2.05, 4.69) is 24.3 Å². The Morgan fingerprint density at radius 1 is 1.00 bits per heavy atom. The maximum absolute atomic E-state index is 11.1. The quantitative estimate of drug-likeness (QED) is 0.413. The average Bonchev–Trinajstić information content (AvgIpc) is 2.36. The van der Waals surface area contributed by atoms with E-state index in [1.54, 1.807) is 0 Å². The van der Waals surface area contributed by atoms with E-state index in [4.69, 9.17) is 4.74 Å². The van der Waals surface area contributed by atoms with Gasteiger partial charge in [-0.25, -0.2) is 0 Å². The number of ether oxygens (including phenoxy) is 1. The first-order chi connectivity index (χ1) is 9.16. The molecule has 4 nitrogen and oxygen atoms in total. The Labute approximate surface area is 118 Å². The monoisotopic (exact) mass is 272 g/mol. The van der Waals surface area contributed by atoms with Gasteiger partial charge in [-0.2, -0.15) is 0 Å². The molecule has 0 atom stereocenters. The standard InChI is InChI=1S/C15H32N2O2/c1-4-19-15(18)11-9-7-5-6-8-10-12-16-13-14-17(2)3/h16H,4-14H2,1-3H3. The van der Waals surface area contributed by atoms with E-state index in [0.717, 1.165) is 32.5 Å². The van der Waals surface area contributed by atoms with Crippen LogP contribution in [0.3, 0.4) is 0 Å². The third-order valence-electron chi connectivity index (χ3n) is 3.03. The van der Waals surface area contributed by atoms with Crippen LogP contribution >= 0.6 is 0 Å². The van der Waals surface area contributed by atoms with Crippen LogP contribution in [0.25, 0.3) is 0 Å². The van der Waals surface area contributed by atoms with Crippen LogP contribution in [0.2, 0.25) is 0 Å². The summed E-state index contributed by atoms with van der Waals surface area (Å²) >= 11 is 0. The Bertz CT molecular complexity index is 208. The van der Waals surface area contributed by atoms with Crippen LogP contribution in [0.5, 0.6) is 0 Å². The predicted molar refractivity (Wildman–Crippen MR) is 80.4 cm³/mol. The lowest BCUT2D eigenvalue weighted by Crippen LogP contribution is -2.27. The number of hydrogen-bond donors (Lipinski definition) is 1. The van der Waals surface area contributed by atoms with Gasteiger partial charge in [0.25, 0.3) is 0 Å². The second-order valence-corrected chi connectivity index (χ2v) is 5.23. The van der Waals surface area contributed by atoms with Crippen LogP contribution < -0.4 is 5.32 Å². The molecule has 0 rings (SSSR count). The van der Waals surface area contributed by atoms with Crippen LogP contribution in [0.4, 0.5) is 0 Å². The van der Waals surface area contributed by atoms with Gasteiger partial charge in [-0.15, -0.1) is 0 Å². The van der Waals surface area contributed by atoms with Crippen molar-refractivity contribution in [3.05, 3.63) is 0 Å². The highest BCUT2D eigenvalue weighted by Gasteiger charge is 2.00. The highest BCUT2D eigenvalue weighted by atomic mass is 16.5. The fourth-order valence-electron chi connectivity index (χ4n) is 1.89. The molecule has 0 radical (unpaired) electrons. The molecular formula is C15H32N2O2. The summed E-state index contributed by atoms with van der Waals surface area (Å²) in [4.78, 5) is 13.3. The van der Waals surface area contributed by atoms with Gasteiger partial charge in [-0.1, -0.05) is 25.7 Å². The number of esters is 1. The number of carbonyl (C=O) groups is 1. The molecule has 0 aromatic carbocycles. The van der Waals surface area contributed by atoms with Crippen LogP contribution in [0, 0.1) is 0 Å². The first-order valence-electron chi connectivity index (χ1n) is 7.68. The van der Waals surface area contributed by atoms with Gasteiger partial charge in [-0.3, -0.25) is 4.79 Å². The highest BCUT2D eigenvalue weighted by Crippen LogP contribution is 2.07. The summed E-state index contributed by atoms with van der Waals surface area (Å²) in [5.41, 5.74) is 0. The molecule has 0 aromatic rings. The molecule has 0 saturated carbocycles. The van der Waals surface area contributed by atoms with Crippen LogP contribution in [0.15, 0.2) is 0 Å². The summed E-state index contributed by atoms with van der Waals surface area (Å²) in [6.07, 6.45) is 7.75. The zero-order valence-electron chi connectivity index (χ0n) is 13.0. The normalized spacial score (nSPS) is 10.9. The molecule has 0 unspecified atom stereocenters. The largest absolute Gasteiger partial charge is 0.466 e. The number of nitrogens with zero attached hydrogens (tertiary/aromatic N) is 1. The number of likely N-dealkylation sites (N-methyl/N-ethyl adjacent to an activating group) is 1. The van der Waals surface area contributed by atoms with Crippen molar-refractivity contribution in [3.8, 4) is 0 Å². The maximum atomic E-state index is 11.1. The Balaban J connectivity index is 3.05. The summed E-state index contributed by atoms with van der Waals surface area (Å²) in [5.74, 6) is -0.0485. The second-order valence-electron chi connectivity index (χ2n) is 5.23. The van der Waals surface area contributed by atoms with Crippen molar-refractivity contribution in [1.29, 1.82) is 0 Å². The van der Waals surface area contributed by atoms with Gasteiger partial charge in [0.2, 0.25) is 0 Å². The number of hydrogen-bond acceptors (Lipinski definition) is 4. The lowest BCUT2D eigenvalue weighted by molar-refractivity contribution is -0.143. The van der Waals surface area contributed by atoms with E-state index < -0.39 is 0 Å². The Morgan fingerprint density at radius 3 is 2.26 bits per heavy atom. The summed E-state index contributed by atoms with van der Waals surface area (Å²) in [6, 6.07) is 0. The Morgan fingerprint density at radius 2 is 1.63 bits per heavy atom. The van der Waals surface area contributed by atoms with Crippen molar-refractivity contribution >= 4 is 5.97 Å². The van der Waals surface area contributed by atoms with E-state index >= 15 is 0 Å². The summed E-state index contributed by atoms with van der Waals surface area (Å²) in [7, 11) is 4.19. The van der Waals surface area contributed by atoms with Crippen molar-refractivity contribution in [3.63, 3.8) is 0 Å². The number of unbranched alkanes of at least 4 members (excludes halogenated alkanes) is 5. The second kappa shape index (κ2) is 13.8. The van der Waals surface area contributed by atoms with Crippen molar-refractivity contribution in [2.75, 3.05) is 40.3 Å². The minimum atomic E-state index is -0.0485. The molecule has 0 amide bonds. The van der Waals surface area contributed by atoms with Gasteiger partial charge in [0.05, 0.1) is 6.61 Å². The first-order valence-corrected chi connectivity index (χ1v) is 7.68. The van der Waals surface area contributed by atoms with Gasteiger partial charge >= 0.3 is 5.97 Å². The van der Waals surface area contributed by atoms with E-state index in [9.17, 15) is 4.79 Å². The summed E-state index contributed by atoms with van der Waals surface area (Å²) in [5, 5.41) is 3.44. The fourth-order valence-corrected chi connectivity index (χ4v) is 1.89. The average molecular weight is 272 g/mol. The molecule has 0 saturated heterocycles. The molecule has 19 heavy (non-hydrogen) atoms. The SMILES string of the molecule is CCOC(=O)CCCCCCCCNCCN(C)C. The molecule has 0 fully saturated rings. The topological polar surface area (TPSA) is 41.6 Å². The predicted octanol–water partition coefficient (Wildman–Crippen LogP) is 2.43. The molecule has 0 bridgehead atoms. The molecular weight excluding hydrogens is 240 g/mol. The fraction of sp³-hybridized carbons (Fsp3) is 0.933. The van der Waals surface area contributed by atoms with Gasteiger partial charge in [-0.05, 0) is 40.4 Å². The Kier molecular flexibility index (Phi) is 13.4. The highest BCUT2D eigenvalue weighted by molar-refractivity contribution is 5.69. The van der Waals surface area contributed by atoms with Crippen LogP contribution in [-0.4, -0.2) is 51.2 Å². The van der Waals surface area contributed by atoms with Crippen molar-refractivity contribution in [2.24, 2.45) is 0 Å². The minimum absolute atomic E-state index is 0.0485. The zero-order valence-corrected chi connectivity index (χ0v) is 13.0. The van der Waals surface area contributed by atoms with Crippen LogP contribution in [0.1, 0.15) is 51.9 Å². The zero-order chi connectivity index (χ0) is 14.3. The van der Waals surface area contributed by atoms with Crippen molar-refractivity contribution in [2.45, 2.75) is 51.9 Å². The van der Waals surface area contributed by atoms with Gasteiger partial charge in [0.1, 0.15) is 0 Å². The maximum Gasteiger partial charge on any atom is 0.305 e. The molecule has 1 N–H and O–H groups in total. The number of rotatable bonds is 13. The van der Waals surface area contributed by atoms with Gasteiger partial charge in [0, 0.05) is 19.5 Å². The lowest BCUT2D eigenvalue weighted by atomic mass is 10.1. The van der Waals surface area contributed by atoms with Gasteiger partial charge < -0.3 is 15.0 Å². The smallest absolute Gasteiger partial charge is 0.305 e. The lowest BCUT2D eigenvalue weighted by Gasteiger charge is -2.10. The van der Waals surface area contributed by atoms with E-state index in [1.807, 2.05) is 6.92 Å². The molecule has 0 aliphatic rings. The van der Waals surface area contributed by atoms with Crippen molar-refractivity contribution < 1.29 is 9.53 Å². The number of nitrogens with one attached hydrogen (secondary N) is 1. The van der Waals surface area contributed by atoms with E-state index in [0.29, 0.717) is 13.0 Å². The third kappa shape index (κ3) is 15.3. The molecule has 4 heteroatoms. The van der Waals surface area contributed by atoms with Gasteiger partial charge in [0.15, 0.2) is 0 Å².